The number of ether oxygens (including phenoxy) is 1. The lowest BCUT2D eigenvalue weighted by Gasteiger charge is -2.34. The van der Waals surface area contributed by atoms with Crippen molar-refractivity contribution in [2.45, 2.75) is 12.8 Å². The van der Waals surface area contributed by atoms with E-state index in [0.717, 1.165) is 6.26 Å². The molecule has 0 aromatic heterocycles. The van der Waals surface area contributed by atoms with E-state index in [1.165, 1.54) is 0 Å². The third-order valence-corrected chi connectivity index (χ3v) is 4.03. The molecule has 0 saturated carbocycles. The molecular formula is C10H20N2O4S. The molecule has 0 unspecified atom stereocenters. The van der Waals surface area contributed by atoms with Gasteiger partial charge in [-0.1, -0.05) is 0 Å². The van der Waals surface area contributed by atoms with Gasteiger partial charge in [0.25, 0.3) is 0 Å². The van der Waals surface area contributed by atoms with Gasteiger partial charge in [0.15, 0.2) is 0 Å². The Morgan fingerprint density at radius 2 is 2.00 bits per heavy atom. The Hall–Kier alpha value is -0.660. The number of carbonyl (C=O) groups excluding carboxylic acids is 1. The van der Waals surface area contributed by atoms with Crippen molar-refractivity contribution in [2.24, 2.45) is 11.1 Å². The fraction of sp³-hybridized carbons (Fsp3) is 0.900. The lowest BCUT2D eigenvalue weighted by Crippen LogP contribution is -2.49. The minimum absolute atomic E-state index is 0.0457. The van der Waals surface area contributed by atoms with E-state index in [1.54, 1.807) is 0 Å². The first-order valence-corrected chi connectivity index (χ1v) is 7.69. The van der Waals surface area contributed by atoms with Gasteiger partial charge in [-0.3, -0.25) is 4.79 Å². The van der Waals surface area contributed by atoms with Gasteiger partial charge in [-0.15, -0.1) is 0 Å². The molecular weight excluding hydrogens is 244 g/mol. The van der Waals surface area contributed by atoms with Crippen LogP contribution >= 0.6 is 0 Å². The van der Waals surface area contributed by atoms with Gasteiger partial charge in [-0.2, -0.15) is 0 Å². The maximum atomic E-state index is 12.0. The highest BCUT2D eigenvalue weighted by atomic mass is 32.2. The number of amides is 1. The maximum Gasteiger partial charge on any atom is 0.227 e. The van der Waals surface area contributed by atoms with Gasteiger partial charge in [0.05, 0.1) is 11.2 Å². The normalized spacial score (nSPS) is 19.9. The summed E-state index contributed by atoms with van der Waals surface area (Å²) < 4.78 is 27.1. The quantitative estimate of drug-likeness (QED) is 0.657. The molecule has 0 aliphatic carbocycles. The van der Waals surface area contributed by atoms with Crippen LogP contribution in [0.5, 0.6) is 0 Å². The lowest BCUT2D eigenvalue weighted by atomic mass is 9.79. The maximum absolute atomic E-state index is 12.0. The summed E-state index contributed by atoms with van der Waals surface area (Å²) in [5.74, 6) is -0.206. The summed E-state index contributed by atoms with van der Waals surface area (Å²) >= 11 is 0. The zero-order valence-electron chi connectivity index (χ0n) is 10.1. The first-order chi connectivity index (χ1) is 7.90. The van der Waals surface area contributed by atoms with Gasteiger partial charge in [0, 0.05) is 32.6 Å². The van der Waals surface area contributed by atoms with E-state index < -0.39 is 15.3 Å². The van der Waals surface area contributed by atoms with Crippen molar-refractivity contribution in [1.82, 2.24) is 5.32 Å². The fourth-order valence-electron chi connectivity index (χ4n) is 1.82. The molecule has 1 heterocycles. The zero-order valence-corrected chi connectivity index (χ0v) is 10.9. The smallest absolute Gasteiger partial charge is 0.227 e. The van der Waals surface area contributed by atoms with Gasteiger partial charge in [-0.05, 0) is 12.8 Å². The molecule has 3 N–H and O–H groups in total. The molecule has 1 amide bonds. The summed E-state index contributed by atoms with van der Waals surface area (Å²) in [7, 11) is -3.05. The SMILES string of the molecule is CS(=O)(=O)CCNC(=O)C1(CN)CCOCC1. The average molecular weight is 264 g/mol. The molecule has 17 heavy (non-hydrogen) atoms. The van der Waals surface area contributed by atoms with E-state index in [0.29, 0.717) is 26.1 Å². The highest BCUT2D eigenvalue weighted by Gasteiger charge is 2.38. The third kappa shape index (κ3) is 4.25. The minimum atomic E-state index is -3.05. The summed E-state index contributed by atoms with van der Waals surface area (Å²) in [4.78, 5) is 12.0. The molecule has 1 aliphatic heterocycles. The highest BCUT2D eigenvalue weighted by Crippen LogP contribution is 2.29. The Bertz CT molecular complexity index is 361. The van der Waals surface area contributed by atoms with E-state index in [4.69, 9.17) is 10.5 Å². The van der Waals surface area contributed by atoms with Crippen LogP contribution in [0.3, 0.4) is 0 Å². The molecule has 1 fully saturated rings. The lowest BCUT2D eigenvalue weighted by molar-refractivity contribution is -0.135. The van der Waals surface area contributed by atoms with E-state index in [2.05, 4.69) is 5.32 Å². The van der Waals surface area contributed by atoms with Gasteiger partial charge in [0.1, 0.15) is 9.84 Å². The number of nitrogens with one attached hydrogen (secondary N) is 1. The Balaban J connectivity index is 2.49. The van der Waals surface area contributed by atoms with Crippen LogP contribution in [0.2, 0.25) is 0 Å². The van der Waals surface area contributed by atoms with Gasteiger partial charge in [-0.25, -0.2) is 8.42 Å². The second-order valence-electron chi connectivity index (χ2n) is 4.48. The zero-order chi connectivity index (χ0) is 12.9. The first kappa shape index (κ1) is 14.4. The molecule has 0 spiro atoms. The van der Waals surface area contributed by atoms with Crippen LogP contribution in [0, 0.1) is 5.41 Å². The monoisotopic (exact) mass is 264 g/mol. The van der Waals surface area contributed by atoms with Crippen molar-refractivity contribution in [2.75, 3.05) is 38.3 Å². The van der Waals surface area contributed by atoms with E-state index in [-0.39, 0.29) is 24.7 Å². The minimum Gasteiger partial charge on any atom is -0.381 e. The van der Waals surface area contributed by atoms with Crippen molar-refractivity contribution in [1.29, 1.82) is 0 Å². The van der Waals surface area contributed by atoms with Crippen molar-refractivity contribution in [3.05, 3.63) is 0 Å². The summed E-state index contributed by atoms with van der Waals surface area (Å²) in [6.07, 6.45) is 2.33. The van der Waals surface area contributed by atoms with Crippen LogP contribution in [-0.4, -0.2) is 52.6 Å². The summed E-state index contributed by atoms with van der Waals surface area (Å²) in [5, 5.41) is 2.65. The molecule has 0 bridgehead atoms. The predicted molar refractivity (Wildman–Crippen MR) is 64.3 cm³/mol. The average Bonchev–Trinajstić information content (AvgIpc) is 2.28. The van der Waals surface area contributed by atoms with Crippen LogP contribution in [-0.2, 0) is 19.4 Å². The largest absolute Gasteiger partial charge is 0.381 e. The summed E-state index contributed by atoms with van der Waals surface area (Å²) in [6.45, 7) is 1.45. The van der Waals surface area contributed by atoms with E-state index >= 15 is 0 Å². The Morgan fingerprint density at radius 1 is 1.41 bits per heavy atom. The number of nitrogens with two attached hydrogens (primary N) is 1. The number of hydrogen-bond acceptors (Lipinski definition) is 5. The van der Waals surface area contributed by atoms with Crippen LogP contribution in [0.4, 0.5) is 0 Å². The summed E-state index contributed by atoms with van der Waals surface area (Å²) in [6, 6.07) is 0. The summed E-state index contributed by atoms with van der Waals surface area (Å²) in [5.41, 5.74) is 5.07. The standard InChI is InChI=1S/C10H20N2O4S/c1-17(14,15)7-4-12-9(13)10(8-11)2-5-16-6-3-10/h2-8,11H2,1H3,(H,12,13). The molecule has 1 rings (SSSR count). The second-order valence-corrected chi connectivity index (χ2v) is 6.74. The molecule has 100 valence electrons. The van der Waals surface area contributed by atoms with Crippen molar-refractivity contribution >= 4 is 15.7 Å². The molecule has 0 aromatic rings. The molecule has 6 nitrogen and oxygen atoms in total. The number of sulfone groups is 1. The highest BCUT2D eigenvalue weighted by molar-refractivity contribution is 7.90. The van der Waals surface area contributed by atoms with Crippen LogP contribution < -0.4 is 11.1 Å². The van der Waals surface area contributed by atoms with Crippen molar-refractivity contribution < 1.29 is 17.9 Å². The topological polar surface area (TPSA) is 98.5 Å². The van der Waals surface area contributed by atoms with Crippen molar-refractivity contribution in [3.8, 4) is 0 Å². The Labute approximate surface area is 102 Å². The van der Waals surface area contributed by atoms with E-state index in [9.17, 15) is 13.2 Å². The number of hydrogen-bond donors (Lipinski definition) is 2. The van der Waals surface area contributed by atoms with Crippen LogP contribution in [0.25, 0.3) is 0 Å². The molecule has 0 radical (unpaired) electrons. The molecule has 0 aromatic carbocycles. The van der Waals surface area contributed by atoms with E-state index in [1.807, 2.05) is 0 Å². The van der Waals surface area contributed by atoms with Gasteiger partial charge >= 0.3 is 0 Å². The molecule has 1 saturated heterocycles. The van der Waals surface area contributed by atoms with Crippen LogP contribution in [0.1, 0.15) is 12.8 Å². The predicted octanol–water partition coefficient (Wildman–Crippen LogP) is -1.10. The second kappa shape index (κ2) is 5.79. The molecule has 0 atom stereocenters. The van der Waals surface area contributed by atoms with Crippen molar-refractivity contribution in [3.63, 3.8) is 0 Å². The fourth-order valence-corrected chi connectivity index (χ4v) is 2.30. The molecule has 7 heteroatoms. The van der Waals surface area contributed by atoms with Crippen LogP contribution in [0.15, 0.2) is 0 Å². The van der Waals surface area contributed by atoms with Gasteiger partial charge < -0.3 is 15.8 Å². The molecule has 1 aliphatic rings. The Morgan fingerprint density at radius 3 is 2.47 bits per heavy atom. The van der Waals surface area contributed by atoms with Gasteiger partial charge in [0.2, 0.25) is 5.91 Å². The third-order valence-electron chi connectivity index (χ3n) is 3.08. The number of rotatable bonds is 5. The Kier molecular flexibility index (Phi) is 4.91. The first-order valence-electron chi connectivity index (χ1n) is 5.63. The number of carbonyl (C=O) groups is 1.